The SMILES string of the molecule is CN(C)[C@@H]1CCN(c2nc(-c3ccncc3)nc3c2CNC3)C1. The van der Waals surface area contributed by atoms with Crippen LogP contribution in [-0.2, 0) is 13.1 Å². The zero-order valence-electron chi connectivity index (χ0n) is 13.7. The molecule has 2 aromatic heterocycles. The highest BCUT2D eigenvalue weighted by Crippen LogP contribution is 2.30. The largest absolute Gasteiger partial charge is 0.355 e. The van der Waals surface area contributed by atoms with E-state index in [-0.39, 0.29) is 0 Å². The van der Waals surface area contributed by atoms with Crippen molar-refractivity contribution < 1.29 is 0 Å². The van der Waals surface area contributed by atoms with E-state index in [1.165, 1.54) is 12.0 Å². The number of anilines is 1. The van der Waals surface area contributed by atoms with Gasteiger partial charge in [0.2, 0.25) is 0 Å². The maximum Gasteiger partial charge on any atom is 0.161 e. The molecule has 6 nitrogen and oxygen atoms in total. The van der Waals surface area contributed by atoms with Crippen LogP contribution in [0.15, 0.2) is 24.5 Å². The molecular weight excluding hydrogens is 288 g/mol. The molecule has 2 aliphatic heterocycles. The van der Waals surface area contributed by atoms with E-state index in [0.29, 0.717) is 6.04 Å². The number of aromatic nitrogens is 3. The molecule has 4 heterocycles. The summed E-state index contributed by atoms with van der Waals surface area (Å²) >= 11 is 0. The Labute approximate surface area is 136 Å². The minimum atomic E-state index is 0.597. The quantitative estimate of drug-likeness (QED) is 0.922. The highest BCUT2D eigenvalue weighted by molar-refractivity contribution is 5.61. The monoisotopic (exact) mass is 310 g/mol. The molecule has 4 rings (SSSR count). The van der Waals surface area contributed by atoms with Crippen LogP contribution in [0.5, 0.6) is 0 Å². The summed E-state index contributed by atoms with van der Waals surface area (Å²) < 4.78 is 0. The first-order valence-electron chi connectivity index (χ1n) is 8.14. The molecule has 1 fully saturated rings. The van der Waals surface area contributed by atoms with Crippen LogP contribution in [0.4, 0.5) is 5.82 Å². The van der Waals surface area contributed by atoms with Gasteiger partial charge in [0, 0.05) is 55.7 Å². The zero-order chi connectivity index (χ0) is 15.8. The van der Waals surface area contributed by atoms with Crippen LogP contribution in [0.3, 0.4) is 0 Å². The number of hydrogen-bond acceptors (Lipinski definition) is 6. The predicted octanol–water partition coefficient (Wildman–Crippen LogP) is 1.28. The molecule has 6 heteroatoms. The van der Waals surface area contributed by atoms with Crippen LogP contribution in [0, 0.1) is 0 Å². The third kappa shape index (κ3) is 2.68. The number of likely N-dealkylation sites (N-methyl/N-ethyl adjacent to an activating group) is 1. The summed E-state index contributed by atoms with van der Waals surface area (Å²) in [5.74, 6) is 1.91. The maximum absolute atomic E-state index is 4.92. The summed E-state index contributed by atoms with van der Waals surface area (Å²) in [7, 11) is 4.31. The van der Waals surface area contributed by atoms with Gasteiger partial charge in [0.15, 0.2) is 5.82 Å². The van der Waals surface area contributed by atoms with E-state index in [4.69, 9.17) is 9.97 Å². The lowest BCUT2D eigenvalue weighted by Gasteiger charge is -2.23. The van der Waals surface area contributed by atoms with Gasteiger partial charge in [-0.2, -0.15) is 0 Å². The molecule has 1 saturated heterocycles. The lowest BCUT2D eigenvalue weighted by Crippen LogP contribution is -2.32. The van der Waals surface area contributed by atoms with Crippen molar-refractivity contribution in [1.29, 1.82) is 0 Å². The van der Waals surface area contributed by atoms with Crippen molar-refractivity contribution in [3.8, 4) is 11.4 Å². The Balaban J connectivity index is 1.73. The smallest absolute Gasteiger partial charge is 0.161 e. The van der Waals surface area contributed by atoms with Gasteiger partial charge in [-0.05, 0) is 32.6 Å². The van der Waals surface area contributed by atoms with Gasteiger partial charge in [-0.25, -0.2) is 9.97 Å². The van der Waals surface area contributed by atoms with Crippen molar-refractivity contribution in [2.45, 2.75) is 25.6 Å². The number of rotatable bonds is 3. The summed E-state index contributed by atoms with van der Waals surface area (Å²) in [5, 5.41) is 3.41. The summed E-state index contributed by atoms with van der Waals surface area (Å²) in [5.41, 5.74) is 3.43. The fourth-order valence-corrected chi connectivity index (χ4v) is 3.40. The van der Waals surface area contributed by atoms with E-state index in [0.717, 1.165) is 49.1 Å². The molecule has 0 bridgehead atoms. The molecule has 0 saturated carbocycles. The average molecular weight is 310 g/mol. The normalized spacial score (nSPS) is 20.3. The molecular formula is C17H22N6. The highest BCUT2D eigenvalue weighted by Gasteiger charge is 2.29. The minimum Gasteiger partial charge on any atom is -0.355 e. The maximum atomic E-state index is 4.92. The number of hydrogen-bond donors (Lipinski definition) is 1. The van der Waals surface area contributed by atoms with E-state index >= 15 is 0 Å². The van der Waals surface area contributed by atoms with Crippen LogP contribution in [0.2, 0.25) is 0 Å². The molecule has 0 radical (unpaired) electrons. The number of nitrogens with one attached hydrogen (secondary N) is 1. The number of nitrogens with zero attached hydrogens (tertiary/aromatic N) is 5. The number of pyridine rings is 1. The zero-order valence-corrected chi connectivity index (χ0v) is 13.7. The first-order valence-corrected chi connectivity index (χ1v) is 8.14. The van der Waals surface area contributed by atoms with Crippen molar-refractivity contribution >= 4 is 5.82 Å². The second-order valence-corrected chi connectivity index (χ2v) is 6.49. The van der Waals surface area contributed by atoms with Gasteiger partial charge in [-0.15, -0.1) is 0 Å². The third-order valence-corrected chi connectivity index (χ3v) is 4.80. The number of fused-ring (bicyclic) bond motifs is 1. The Morgan fingerprint density at radius 1 is 1.17 bits per heavy atom. The molecule has 0 spiro atoms. The highest BCUT2D eigenvalue weighted by atomic mass is 15.3. The van der Waals surface area contributed by atoms with E-state index in [1.54, 1.807) is 12.4 Å². The van der Waals surface area contributed by atoms with E-state index in [1.807, 2.05) is 12.1 Å². The first-order chi connectivity index (χ1) is 11.2. The second-order valence-electron chi connectivity index (χ2n) is 6.49. The van der Waals surface area contributed by atoms with Gasteiger partial charge in [-0.3, -0.25) is 4.98 Å². The van der Waals surface area contributed by atoms with Gasteiger partial charge < -0.3 is 15.1 Å². The molecule has 2 aromatic rings. The summed E-state index contributed by atoms with van der Waals surface area (Å²) in [6.45, 7) is 3.78. The van der Waals surface area contributed by atoms with Gasteiger partial charge >= 0.3 is 0 Å². The van der Waals surface area contributed by atoms with E-state index < -0.39 is 0 Å². The lowest BCUT2D eigenvalue weighted by molar-refractivity contribution is 0.315. The molecule has 23 heavy (non-hydrogen) atoms. The predicted molar refractivity (Wildman–Crippen MR) is 90.1 cm³/mol. The molecule has 2 aliphatic rings. The third-order valence-electron chi connectivity index (χ3n) is 4.80. The molecule has 0 unspecified atom stereocenters. The Morgan fingerprint density at radius 3 is 2.74 bits per heavy atom. The van der Waals surface area contributed by atoms with Crippen molar-refractivity contribution in [3.63, 3.8) is 0 Å². The van der Waals surface area contributed by atoms with Crippen LogP contribution in [0.1, 0.15) is 17.7 Å². The summed E-state index contributed by atoms with van der Waals surface area (Å²) in [4.78, 5) is 18.5. The van der Waals surface area contributed by atoms with Gasteiger partial charge in [0.1, 0.15) is 5.82 Å². The van der Waals surface area contributed by atoms with Gasteiger partial charge in [0.25, 0.3) is 0 Å². The van der Waals surface area contributed by atoms with Crippen molar-refractivity contribution in [2.24, 2.45) is 0 Å². The van der Waals surface area contributed by atoms with Crippen LogP contribution in [-0.4, -0.2) is 53.1 Å². The van der Waals surface area contributed by atoms with Crippen LogP contribution >= 0.6 is 0 Å². The molecule has 0 amide bonds. The Morgan fingerprint density at radius 2 is 2.00 bits per heavy atom. The lowest BCUT2D eigenvalue weighted by atomic mass is 10.2. The molecule has 0 aliphatic carbocycles. The van der Waals surface area contributed by atoms with Crippen molar-refractivity contribution in [1.82, 2.24) is 25.2 Å². The van der Waals surface area contributed by atoms with Crippen LogP contribution < -0.4 is 10.2 Å². The molecule has 120 valence electrons. The second kappa shape index (κ2) is 5.86. The van der Waals surface area contributed by atoms with E-state index in [9.17, 15) is 0 Å². The van der Waals surface area contributed by atoms with E-state index in [2.05, 4.69) is 34.2 Å². The average Bonchev–Trinajstić information content (AvgIpc) is 3.24. The van der Waals surface area contributed by atoms with Crippen LogP contribution in [0.25, 0.3) is 11.4 Å². The van der Waals surface area contributed by atoms with Crippen molar-refractivity contribution in [2.75, 3.05) is 32.1 Å². The van der Waals surface area contributed by atoms with Crippen molar-refractivity contribution in [3.05, 3.63) is 35.8 Å². The summed E-state index contributed by atoms with van der Waals surface area (Å²) in [6, 6.07) is 4.54. The standard InChI is InChI=1S/C17H22N6/c1-22(2)13-5-8-23(11-13)17-14-9-19-10-15(14)20-16(21-17)12-3-6-18-7-4-12/h3-4,6-7,13,19H,5,8-11H2,1-2H3/t13-/m1/s1. The van der Waals surface area contributed by atoms with Gasteiger partial charge in [0.05, 0.1) is 5.69 Å². The topological polar surface area (TPSA) is 57.2 Å². The fraction of sp³-hybridized carbons (Fsp3) is 0.471. The summed E-state index contributed by atoms with van der Waals surface area (Å²) in [6.07, 6.45) is 4.77. The van der Waals surface area contributed by atoms with Gasteiger partial charge in [-0.1, -0.05) is 0 Å². The fourth-order valence-electron chi connectivity index (χ4n) is 3.40. The Bertz CT molecular complexity index is 700. The first kappa shape index (κ1) is 14.5. The Kier molecular flexibility index (Phi) is 3.71. The molecule has 1 N–H and O–H groups in total. The molecule has 0 aromatic carbocycles. The molecule has 1 atom stereocenters. The Hall–Kier alpha value is -2.05. The minimum absolute atomic E-state index is 0.597.